The summed E-state index contributed by atoms with van der Waals surface area (Å²) in [5.41, 5.74) is -3.34. The fraction of sp³-hybridized carbons (Fsp3) is 0.308. The third-order valence-electron chi connectivity index (χ3n) is 2.83. The lowest BCUT2D eigenvalue weighted by molar-refractivity contribution is -0.261. The van der Waals surface area contributed by atoms with Crippen LogP contribution < -0.4 is 0 Å². The van der Waals surface area contributed by atoms with E-state index in [0.717, 1.165) is 0 Å². The summed E-state index contributed by atoms with van der Waals surface area (Å²) in [6, 6.07) is 9.09. The smallest absolute Gasteiger partial charge is 0.422 e. The largest absolute Gasteiger partial charge is 0.450 e. The molecule has 0 saturated carbocycles. The first kappa shape index (κ1) is 15.3. The molecule has 110 valence electrons. The normalized spacial score (nSPS) is 23.2. The van der Waals surface area contributed by atoms with Crippen LogP contribution in [0.1, 0.15) is 12.0 Å². The molecular weight excluding hydrogens is 309 g/mol. The summed E-state index contributed by atoms with van der Waals surface area (Å²) >= 11 is 5.46. The fourth-order valence-corrected chi connectivity index (χ4v) is 2.05. The van der Waals surface area contributed by atoms with Gasteiger partial charge < -0.3 is 4.74 Å². The minimum atomic E-state index is -4.97. The fourth-order valence-electron chi connectivity index (χ4n) is 1.84. The van der Waals surface area contributed by atoms with Crippen LogP contribution in [-0.2, 0) is 9.53 Å². The van der Waals surface area contributed by atoms with Gasteiger partial charge in [0.05, 0.1) is 6.07 Å². The van der Waals surface area contributed by atoms with Gasteiger partial charge in [-0.3, -0.25) is 0 Å². The number of rotatable bonds is 3. The van der Waals surface area contributed by atoms with E-state index in [4.69, 9.17) is 16.9 Å². The molecule has 0 saturated heterocycles. The van der Waals surface area contributed by atoms with Crippen molar-refractivity contribution in [2.75, 3.05) is 0 Å². The molecule has 0 fully saturated rings. The van der Waals surface area contributed by atoms with E-state index in [1.165, 1.54) is 18.2 Å². The first-order valence-corrected chi connectivity index (χ1v) is 6.22. The van der Waals surface area contributed by atoms with Crippen LogP contribution in [0.5, 0.6) is 0 Å². The molecule has 1 aromatic rings. The Morgan fingerprint density at radius 3 is 2.52 bits per heavy atom. The molecule has 21 heavy (non-hydrogen) atoms. The van der Waals surface area contributed by atoms with Crippen LogP contribution in [0.4, 0.5) is 13.2 Å². The topological polar surface area (TPSA) is 62.5 Å². The van der Waals surface area contributed by atoms with Crippen molar-refractivity contribution in [3.8, 4) is 6.07 Å². The summed E-state index contributed by atoms with van der Waals surface area (Å²) < 4.78 is 44.1. The molecular formula is C13H8ClF3N2O2. The van der Waals surface area contributed by atoms with E-state index < -0.39 is 35.4 Å². The molecule has 0 bridgehead atoms. The Hall–Kier alpha value is -2.07. The predicted molar refractivity (Wildman–Crippen MR) is 67.7 cm³/mol. The molecule has 1 aromatic carbocycles. The highest BCUT2D eigenvalue weighted by Crippen LogP contribution is 2.43. The van der Waals surface area contributed by atoms with Crippen LogP contribution in [0, 0.1) is 11.3 Å². The first-order chi connectivity index (χ1) is 9.79. The minimum Gasteiger partial charge on any atom is -0.422 e. The molecule has 2 unspecified atom stereocenters. The third kappa shape index (κ3) is 2.85. The molecule has 4 nitrogen and oxygen atoms in total. The number of cyclic esters (lactones) is 1. The maximum Gasteiger partial charge on any atom is 0.450 e. The van der Waals surface area contributed by atoms with Crippen molar-refractivity contribution in [2.45, 2.75) is 23.7 Å². The number of hydrogen-bond acceptors (Lipinski definition) is 4. The van der Waals surface area contributed by atoms with Gasteiger partial charge in [0.15, 0.2) is 5.71 Å². The molecule has 0 N–H and O–H groups in total. The van der Waals surface area contributed by atoms with E-state index in [1.54, 1.807) is 18.2 Å². The predicted octanol–water partition coefficient (Wildman–Crippen LogP) is 2.81. The number of aliphatic imine (C=N–C) groups is 1. The van der Waals surface area contributed by atoms with Crippen molar-refractivity contribution in [1.29, 1.82) is 5.26 Å². The molecule has 1 aliphatic rings. The number of nitrogens with zero attached hydrogens (tertiary/aromatic N) is 2. The Morgan fingerprint density at radius 1 is 1.38 bits per heavy atom. The van der Waals surface area contributed by atoms with E-state index in [9.17, 15) is 18.0 Å². The van der Waals surface area contributed by atoms with Gasteiger partial charge in [-0.05, 0) is 0 Å². The van der Waals surface area contributed by atoms with Gasteiger partial charge in [-0.25, -0.2) is 9.79 Å². The van der Waals surface area contributed by atoms with Crippen LogP contribution >= 0.6 is 11.6 Å². The van der Waals surface area contributed by atoms with Gasteiger partial charge in [0.1, 0.15) is 5.38 Å². The number of halogens is 4. The Morgan fingerprint density at radius 2 is 2.00 bits per heavy atom. The molecule has 8 heteroatoms. The molecule has 0 aliphatic carbocycles. The van der Waals surface area contributed by atoms with Crippen molar-refractivity contribution in [2.24, 2.45) is 4.99 Å². The van der Waals surface area contributed by atoms with Crippen LogP contribution in [0.3, 0.4) is 0 Å². The quantitative estimate of drug-likeness (QED) is 0.636. The van der Waals surface area contributed by atoms with Gasteiger partial charge in [0, 0.05) is 12.0 Å². The first-order valence-electron chi connectivity index (χ1n) is 5.78. The second-order valence-corrected chi connectivity index (χ2v) is 4.83. The summed E-state index contributed by atoms with van der Waals surface area (Å²) in [5, 5.41) is 7.10. The molecule has 0 spiro atoms. The second kappa shape index (κ2) is 5.37. The molecule has 2 atom stereocenters. The van der Waals surface area contributed by atoms with E-state index >= 15 is 0 Å². The van der Waals surface area contributed by atoms with Crippen LogP contribution in [0.15, 0.2) is 35.3 Å². The minimum absolute atomic E-state index is 0.205. The average Bonchev–Trinajstić information content (AvgIpc) is 2.77. The van der Waals surface area contributed by atoms with Crippen molar-refractivity contribution in [3.63, 3.8) is 0 Å². The number of benzene rings is 1. The number of alkyl halides is 4. The van der Waals surface area contributed by atoms with E-state index in [-0.39, 0.29) is 5.56 Å². The summed E-state index contributed by atoms with van der Waals surface area (Å²) in [6.07, 6.45) is -5.93. The Balaban J connectivity index is 2.47. The molecule has 1 heterocycles. The SMILES string of the molecule is N#CC(Cl)CC1(C(F)(F)F)N=C(c2ccccc2)C(=O)O1. The standard InChI is InChI=1S/C13H8ClF3N2O2/c14-9(7-18)6-12(13(15,16)17)19-10(11(20)21-12)8-4-2-1-3-5-8/h1-5,9H,6H2. The van der Waals surface area contributed by atoms with Gasteiger partial charge in [-0.2, -0.15) is 18.4 Å². The van der Waals surface area contributed by atoms with E-state index in [2.05, 4.69) is 9.73 Å². The van der Waals surface area contributed by atoms with Gasteiger partial charge >= 0.3 is 17.9 Å². The zero-order valence-corrected chi connectivity index (χ0v) is 11.1. The highest BCUT2D eigenvalue weighted by atomic mass is 35.5. The maximum absolute atomic E-state index is 13.2. The van der Waals surface area contributed by atoms with Gasteiger partial charge in [-0.15, -0.1) is 11.6 Å². The highest BCUT2D eigenvalue weighted by Gasteiger charge is 2.63. The Bertz CT molecular complexity index is 625. The number of ether oxygens (including phenoxy) is 1. The lowest BCUT2D eigenvalue weighted by atomic mass is 10.1. The molecule has 0 amide bonds. The molecule has 1 aliphatic heterocycles. The average molecular weight is 317 g/mol. The monoisotopic (exact) mass is 316 g/mol. The van der Waals surface area contributed by atoms with Gasteiger partial charge in [-0.1, -0.05) is 30.3 Å². The van der Waals surface area contributed by atoms with Crippen LogP contribution in [-0.4, -0.2) is 29.0 Å². The molecule has 2 rings (SSSR count). The summed E-state index contributed by atoms with van der Waals surface area (Å²) in [4.78, 5) is 15.1. The summed E-state index contributed by atoms with van der Waals surface area (Å²) in [6.45, 7) is 0. The van der Waals surface area contributed by atoms with E-state index in [0.29, 0.717) is 0 Å². The van der Waals surface area contributed by atoms with Gasteiger partial charge in [0.2, 0.25) is 0 Å². The molecule has 0 radical (unpaired) electrons. The van der Waals surface area contributed by atoms with Crippen LogP contribution in [0.2, 0.25) is 0 Å². The number of esters is 1. The van der Waals surface area contributed by atoms with Crippen molar-refractivity contribution in [3.05, 3.63) is 35.9 Å². The number of nitriles is 1. The second-order valence-electron chi connectivity index (χ2n) is 4.30. The van der Waals surface area contributed by atoms with Crippen molar-refractivity contribution >= 4 is 23.3 Å². The number of carbonyl (C=O) groups excluding carboxylic acids is 1. The van der Waals surface area contributed by atoms with Crippen LogP contribution in [0.25, 0.3) is 0 Å². The van der Waals surface area contributed by atoms with E-state index in [1.807, 2.05) is 0 Å². The zero-order chi connectivity index (χ0) is 15.7. The summed E-state index contributed by atoms with van der Waals surface area (Å²) in [7, 11) is 0. The Labute approximate surface area is 122 Å². The van der Waals surface area contributed by atoms with Crippen molar-refractivity contribution in [1.82, 2.24) is 0 Å². The third-order valence-corrected chi connectivity index (χ3v) is 3.09. The highest BCUT2D eigenvalue weighted by molar-refractivity contribution is 6.44. The van der Waals surface area contributed by atoms with Crippen molar-refractivity contribution < 1.29 is 22.7 Å². The molecule has 0 aromatic heterocycles. The number of carbonyl (C=O) groups is 1. The van der Waals surface area contributed by atoms with Gasteiger partial charge in [0.25, 0.3) is 0 Å². The maximum atomic E-state index is 13.2. The summed E-state index contributed by atoms with van der Waals surface area (Å²) in [5.74, 6) is -1.19. The lowest BCUT2D eigenvalue weighted by Crippen LogP contribution is -2.46. The number of hydrogen-bond donors (Lipinski definition) is 0. The lowest BCUT2D eigenvalue weighted by Gasteiger charge is -2.27. The zero-order valence-electron chi connectivity index (χ0n) is 10.4. The Kier molecular flexibility index (Phi) is 3.92.